The number of aliphatic hydroxyl groups is 1. The first-order chi connectivity index (χ1) is 12.8. The van der Waals surface area contributed by atoms with Crippen molar-refractivity contribution < 1.29 is 5.11 Å². The molecule has 1 aromatic carbocycles. The Kier molecular flexibility index (Phi) is 4.79. The Labute approximate surface area is 152 Å². The molecule has 0 radical (unpaired) electrons. The molecule has 2 aromatic heterocycles. The lowest BCUT2D eigenvalue weighted by Gasteiger charge is -2.24. The second-order valence-electron chi connectivity index (χ2n) is 6.42. The van der Waals surface area contributed by atoms with Gasteiger partial charge in [0.15, 0.2) is 0 Å². The normalized spacial score (nSPS) is 16.8. The zero-order valence-corrected chi connectivity index (χ0v) is 14.5. The van der Waals surface area contributed by atoms with E-state index in [0.717, 1.165) is 36.7 Å². The average molecular weight is 350 g/mol. The monoisotopic (exact) mass is 350 g/mol. The van der Waals surface area contributed by atoms with Crippen molar-refractivity contribution in [1.29, 1.82) is 0 Å². The summed E-state index contributed by atoms with van der Waals surface area (Å²) in [4.78, 5) is 14.9. The fraction of sp³-hybridized carbons (Fsp3) is 0.316. The number of nitrogens with zero attached hydrogens (tertiary/aromatic N) is 5. The van der Waals surface area contributed by atoms with E-state index < -0.39 is 0 Å². The van der Waals surface area contributed by atoms with Crippen LogP contribution in [0.4, 0.5) is 11.6 Å². The molecule has 1 aliphatic heterocycles. The summed E-state index contributed by atoms with van der Waals surface area (Å²) in [5, 5.41) is 12.9. The zero-order valence-electron chi connectivity index (χ0n) is 14.5. The van der Waals surface area contributed by atoms with Crippen LogP contribution in [0, 0.1) is 0 Å². The van der Waals surface area contributed by atoms with E-state index in [0.29, 0.717) is 6.54 Å². The summed E-state index contributed by atoms with van der Waals surface area (Å²) in [6.45, 7) is 1.78. The third-order valence-corrected chi connectivity index (χ3v) is 4.75. The smallest absolute Gasteiger partial charge is 0.134 e. The summed E-state index contributed by atoms with van der Waals surface area (Å²) in [6.07, 6.45) is 9.14. The summed E-state index contributed by atoms with van der Waals surface area (Å²) in [5.74, 6) is 1.66. The Morgan fingerprint density at radius 2 is 2.08 bits per heavy atom. The minimum atomic E-state index is 0.161. The molecule has 3 aromatic rings. The molecule has 1 atom stereocenters. The first-order valence-electron chi connectivity index (χ1n) is 8.84. The largest absolute Gasteiger partial charge is 0.394 e. The van der Waals surface area contributed by atoms with Gasteiger partial charge >= 0.3 is 0 Å². The van der Waals surface area contributed by atoms with Gasteiger partial charge in [-0.2, -0.15) is 0 Å². The van der Waals surface area contributed by atoms with Crippen molar-refractivity contribution in [3.63, 3.8) is 0 Å². The van der Waals surface area contributed by atoms with Gasteiger partial charge in [-0.05, 0) is 30.5 Å². The van der Waals surface area contributed by atoms with Crippen molar-refractivity contribution in [1.82, 2.24) is 19.5 Å². The zero-order chi connectivity index (χ0) is 17.8. The number of rotatable bonds is 6. The van der Waals surface area contributed by atoms with Crippen LogP contribution < -0.4 is 10.2 Å². The van der Waals surface area contributed by atoms with Gasteiger partial charge in [0, 0.05) is 37.2 Å². The average Bonchev–Trinajstić information content (AvgIpc) is 3.38. The Balaban J connectivity index is 1.41. The molecule has 2 N–H and O–H groups in total. The first kappa shape index (κ1) is 16.5. The van der Waals surface area contributed by atoms with Gasteiger partial charge < -0.3 is 19.9 Å². The van der Waals surface area contributed by atoms with Crippen LogP contribution in [0.5, 0.6) is 0 Å². The highest BCUT2D eigenvalue weighted by Gasteiger charge is 2.25. The van der Waals surface area contributed by atoms with Crippen LogP contribution >= 0.6 is 0 Å². The highest BCUT2D eigenvalue weighted by molar-refractivity contribution is 5.50. The molecule has 1 fully saturated rings. The van der Waals surface area contributed by atoms with E-state index >= 15 is 0 Å². The van der Waals surface area contributed by atoms with Crippen LogP contribution in [0.1, 0.15) is 18.4 Å². The van der Waals surface area contributed by atoms with Crippen molar-refractivity contribution in [3.8, 4) is 5.69 Å². The molecule has 0 bridgehead atoms. The molecule has 0 saturated carbocycles. The molecule has 1 saturated heterocycles. The number of anilines is 2. The third kappa shape index (κ3) is 3.52. The Hall–Kier alpha value is -2.93. The maximum Gasteiger partial charge on any atom is 0.134 e. The number of nitrogens with one attached hydrogen (secondary N) is 1. The molecule has 26 heavy (non-hydrogen) atoms. The van der Waals surface area contributed by atoms with Crippen LogP contribution in [0.2, 0.25) is 0 Å². The van der Waals surface area contributed by atoms with E-state index in [4.69, 9.17) is 0 Å². The SMILES string of the molecule is OCC1CCCN1c1cc(NCc2ccc(-n3ccnc3)cc2)ncn1. The quantitative estimate of drug-likeness (QED) is 0.710. The molecule has 7 heteroatoms. The van der Waals surface area contributed by atoms with Gasteiger partial charge in [0.2, 0.25) is 0 Å². The first-order valence-corrected chi connectivity index (χ1v) is 8.84. The van der Waals surface area contributed by atoms with Crippen molar-refractivity contribution in [2.75, 3.05) is 23.4 Å². The summed E-state index contributed by atoms with van der Waals surface area (Å²) < 4.78 is 1.97. The highest BCUT2D eigenvalue weighted by Crippen LogP contribution is 2.24. The van der Waals surface area contributed by atoms with Gasteiger partial charge in [-0.25, -0.2) is 15.0 Å². The van der Waals surface area contributed by atoms with Crippen molar-refractivity contribution in [2.24, 2.45) is 0 Å². The molecule has 1 aliphatic rings. The van der Waals surface area contributed by atoms with Crippen LogP contribution in [-0.4, -0.2) is 43.8 Å². The number of aliphatic hydroxyl groups excluding tert-OH is 1. The molecule has 0 aliphatic carbocycles. The van der Waals surface area contributed by atoms with Crippen molar-refractivity contribution >= 4 is 11.6 Å². The molecule has 0 amide bonds. The van der Waals surface area contributed by atoms with Crippen LogP contribution in [0.15, 0.2) is 55.4 Å². The molecule has 3 heterocycles. The maximum absolute atomic E-state index is 9.50. The van der Waals surface area contributed by atoms with Crippen LogP contribution in [0.3, 0.4) is 0 Å². The number of hydrogen-bond acceptors (Lipinski definition) is 6. The molecule has 134 valence electrons. The molecule has 7 nitrogen and oxygen atoms in total. The minimum absolute atomic E-state index is 0.161. The topological polar surface area (TPSA) is 79.1 Å². The van der Waals surface area contributed by atoms with Gasteiger partial charge in [0.25, 0.3) is 0 Å². The standard InChI is InChI=1S/C19H22N6O/c26-12-17-2-1-8-25(17)19-10-18(22-13-23-19)21-11-15-3-5-16(6-4-15)24-9-7-20-14-24/h3-7,9-10,13-14,17,26H,1-2,8,11-12H2,(H,21,22,23). The number of benzene rings is 1. The van der Waals surface area contributed by atoms with E-state index in [1.807, 2.05) is 16.8 Å². The second kappa shape index (κ2) is 7.53. The van der Waals surface area contributed by atoms with Crippen LogP contribution in [0.25, 0.3) is 5.69 Å². The van der Waals surface area contributed by atoms with E-state index in [9.17, 15) is 5.11 Å². The maximum atomic E-state index is 9.50. The Morgan fingerprint density at radius 3 is 2.85 bits per heavy atom. The van der Waals surface area contributed by atoms with Gasteiger partial charge in [-0.1, -0.05) is 12.1 Å². The van der Waals surface area contributed by atoms with Gasteiger partial charge in [-0.15, -0.1) is 0 Å². The summed E-state index contributed by atoms with van der Waals surface area (Å²) in [6, 6.07) is 10.4. The predicted octanol–water partition coefficient (Wildman–Crippen LogP) is 2.24. The van der Waals surface area contributed by atoms with Crippen LogP contribution in [-0.2, 0) is 6.54 Å². The van der Waals surface area contributed by atoms with E-state index in [1.165, 1.54) is 5.56 Å². The van der Waals surface area contributed by atoms with Crippen molar-refractivity contribution in [2.45, 2.75) is 25.4 Å². The number of aromatic nitrogens is 4. The Bertz CT molecular complexity index is 834. The number of imidazole rings is 1. The summed E-state index contributed by atoms with van der Waals surface area (Å²) in [7, 11) is 0. The summed E-state index contributed by atoms with van der Waals surface area (Å²) in [5.41, 5.74) is 2.25. The van der Waals surface area contributed by atoms with Gasteiger partial charge in [0.1, 0.15) is 18.0 Å². The lowest BCUT2D eigenvalue weighted by molar-refractivity contribution is 0.266. The molecule has 0 spiro atoms. The lowest BCUT2D eigenvalue weighted by atomic mass is 10.2. The molecular formula is C19H22N6O. The van der Waals surface area contributed by atoms with Gasteiger partial charge in [-0.3, -0.25) is 0 Å². The molecule has 1 unspecified atom stereocenters. The van der Waals surface area contributed by atoms with E-state index in [2.05, 4.69) is 49.4 Å². The van der Waals surface area contributed by atoms with E-state index in [1.54, 1.807) is 18.9 Å². The second-order valence-corrected chi connectivity index (χ2v) is 6.42. The highest BCUT2D eigenvalue weighted by atomic mass is 16.3. The molecular weight excluding hydrogens is 328 g/mol. The fourth-order valence-electron chi connectivity index (χ4n) is 3.32. The predicted molar refractivity (Wildman–Crippen MR) is 100 cm³/mol. The minimum Gasteiger partial charge on any atom is -0.394 e. The third-order valence-electron chi connectivity index (χ3n) is 4.75. The van der Waals surface area contributed by atoms with E-state index in [-0.39, 0.29) is 12.6 Å². The lowest BCUT2D eigenvalue weighted by Crippen LogP contribution is -2.32. The number of hydrogen-bond donors (Lipinski definition) is 2. The Morgan fingerprint density at radius 1 is 1.19 bits per heavy atom. The van der Waals surface area contributed by atoms with Crippen molar-refractivity contribution in [3.05, 3.63) is 60.9 Å². The fourth-order valence-corrected chi connectivity index (χ4v) is 3.32. The molecule has 4 rings (SSSR count). The summed E-state index contributed by atoms with van der Waals surface area (Å²) >= 11 is 0. The van der Waals surface area contributed by atoms with Gasteiger partial charge in [0.05, 0.1) is 19.0 Å².